The molecule has 0 aliphatic carbocycles. The monoisotopic (exact) mass is 292 g/mol. The van der Waals surface area contributed by atoms with E-state index >= 15 is 0 Å². The molecule has 0 heterocycles. The molecule has 0 amide bonds. The van der Waals surface area contributed by atoms with E-state index in [1.54, 1.807) is 0 Å². The Balaban J connectivity index is 5.83. The second kappa shape index (κ2) is 6.97. The van der Waals surface area contributed by atoms with Crippen LogP contribution in [0.1, 0.15) is 20.8 Å². The quantitative estimate of drug-likeness (QED) is 0.298. The minimum atomic E-state index is -3.46. The molecular weight excluding hydrogens is 275 g/mol. The highest BCUT2D eigenvalue weighted by Gasteiger charge is 2.60. The zero-order valence-electron chi connectivity index (χ0n) is 11.9. The Hall–Kier alpha value is -1.99. The average Bonchev–Trinajstić information content (AvgIpc) is 2.40. The van der Waals surface area contributed by atoms with Crippen LogP contribution in [-0.4, -0.2) is 49.7 Å². The van der Waals surface area contributed by atoms with Gasteiger partial charge in [0.05, 0.1) is 14.2 Å². The summed E-state index contributed by atoms with van der Waals surface area (Å²) < 4.78 is 27.9. The summed E-state index contributed by atoms with van der Waals surface area (Å²) in [4.78, 5) is 45.6. The van der Waals surface area contributed by atoms with Gasteiger partial charge in [-0.05, 0) is 5.92 Å². The number of hydrogen-bond acceptors (Lipinski definition) is 7. The van der Waals surface area contributed by atoms with Gasteiger partial charge >= 0.3 is 23.6 Å². The van der Waals surface area contributed by atoms with Crippen molar-refractivity contribution in [1.29, 1.82) is 0 Å². The second-order valence-corrected chi connectivity index (χ2v) is 4.30. The molecule has 8 heteroatoms. The number of ether oxygens (including phenoxy) is 3. The molecule has 0 bridgehead atoms. The molecule has 0 saturated carbocycles. The molecule has 2 atom stereocenters. The number of methoxy groups -OCH3 is 2. The van der Waals surface area contributed by atoms with E-state index in [1.165, 1.54) is 13.8 Å². The average molecular weight is 292 g/mol. The van der Waals surface area contributed by atoms with Crippen molar-refractivity contribution >= 4 is 23.7 Å². The van der Waals surface area contributed by atoms with Gasteiger partial charge in [0.25, 0.3) is 5.78 Å². The summed E-state index contributed by atoms with van der Waals surface area (Å²) in [7, 11) is 1.69. The van der Waals surface area contributed by atoms with Crippen molar-refractivity contribution in [2.45, 2.75) is 32.5 Å². The lowest BCUT2D eigenvalue weighted by Gasteiger charge is -2.31. The van der Waals surface area contributed by atoms with Crippen LogP contribution in [0, 0.1) is 5.92 Å². The molecular formula is C12H17FO7. The summed E-state index contributed by atoms with van der Waals surface area (Å²) in [6, 6.07) is 0. The van der Waals surface area contributed by atoms with Crippen LogP contribution in [0.15, 0.2) is 0 Å². The van der Waals surface area contributed by atoms with Crippen molar-refractivity contribution in [3.8, 4) is 0 Å². The summed E-state index contributed by atoms with van der Waals surface area (Å²) in [5, 5.41) is 0. The summed E-state index contributed by atoms with van der Waals surface area (Å²) in [6.45, 7) is 3.81. The first-order chi connectivity index (χ1) is 9.12. The number of ketones is 1. The molecule has 7 nitrogen and oxygen atoms in total. The van der Waals surface area contributed by atoms with Gasteiger partial charge in [-0.25, -0.2) is 14.0 Å². The van der Waals surface area contributed by atoms with Crippen LogP contribution in [-0.2, 0) is 33.4 Å². The molecule has 0 aromatic rings. The van der Waals surface area contributed by atoms with E-state index in [0.717, 1.165) is 21.1 Å². The van der Waals surface area contributed by atoms with Crippen molar-refractivity contribution in [2.24, 2.45) is 5.92 Å². The summed E-state index contributed by atoms with van der Waals surface area (Å²) in [6.07, 6.45) is -1.81. The Kier molecular flexibility index (Phi) is 6.28. The predicted octanol–water partition coefficient (Wildman–Crippen LogP) is 0.197. The highest BCUT2D eigenvalue weighted by Crippen LogP contribution is 2.29. The molecule has 20 heavy (non-hydrogen) atoms. The van der Waals surface area contributed by atoms with Gasteiger partial charge < -0.3 is 14.2 Å². The Bertz CT molecular complexity index is 418. The normalized spacial score (nSPS) is 14.9. The smallest absolute Gasteiger partial charge is 0.378 e. The number of rotatable bonds is 6. The van der Waals surface area contributed by atoms with Gasteiger partial charge in [-0.3, -0.25) is 9.59 Å². The number of Topliss-reactive ketones (excluding diaryl/α,β-unsaturated/α-hetero) is 1. The van der Waals surface area contributed by atoms with Crippen LogP contribution in [0.2, 0.25) is 0 Å². The fourth-order valence-electron chi connectivity index (χ4n) is 1.58. The number of esters is 3. The molecule has 0 aromatic heterocycles. The molecule has 114 valence electrons. The molecule has 0 aliphatic rings. The summed E-state index contributed by atoms with van der Waals surface area (Å²) in [5.74, 6) is -6.67. The number of carbonyl (C=O) groups excluding carboxylic acids is 4. The van der Waals surface area contributed by atoms with E-state index in [4.69, 9.17) is 0 Å². The standard InChI is InChI=1S/C12H17FO7/c1-6(2)9(20-7(3)14)12(13,11(17)19-5)8(15)10(16)18-4/h6,9H,1-5H3/t9-,12+/m1/s1. The molecule has 0 aliphatic heterocycles. The lowest BCUT2D eigenvalue weighted by Crippen LogP contribution is -2.58. The molecule has 0 saturated heterocycles. The number of carbonyl (C=O) groups is 4. The zero-order valence-corrected chi connectivity index (χ0v) is 11.9. The van der Waals surface area contributed by atoms with Crippen LogP contribution in [0.4, 0.5) is 4.39 Å². The number of halogens is 1. The maximum atomic E-state index is 14.9. The molecule has 0 unspecified atom stereocenters. The molecule has 0 rings (SSSR count). The molecule has 0 fully saturated rings. The third-order valence-corrected chi connectivity index (χ3v) is 2.47. The van der Waals surface area contributed by atoms with Crippen molar-refractivity contribution in [3.05, 3.63) is 0 Å². The van der Waals surface area contributed by atoms with Gasteiger partial charge in [-0.1, -0.05) is 13.8 Å². The maximum absolute atomic E-state index is 14.9. The first-order valence-electron chi connectivity index (χ1n) is 5.70. The van der Waals surface area contributed by atoms with Crippen molar-refractivity contribution in [2.75, 3.05) is 14.2 Å². The maximum Gasteiger partial charge on any atom is 0.378 e. The first-order valence-corrected chi connectivity index (χ1v) is 5.70. The SMILES string of the molecule is COC(=O)C(=O)[C@@](F)(C(=O)OC)[C@H](OC(C)=O)C(C)C. The van der Waals surface area contributed by atoms with Crippen LogP contribution < -0.4 is 0 Å². The third-order valence-electron chi connectivity index (χ3n) is 2.47. The fourth-order valence-corrected chi connectivity index (χ4v) is 1.58. The van der Waals surface area contributed by atoms with E-state index in [1.807, 2.05) is 0 Å². The van der Waals surface area contributed by atoms with Gasteiger partial charge in [0.15, 0.2) is 6.10 Å². The Morgan fingerprint density at radius 1 is 1.05 bits per heavy atom. The third kappa shape index (κ3) is 3.52. The Morgan fingerprint density at radius 3 is 1.85 bits per heavy atom. The van der Waals surface area contributed by atoms with Gasteiger partial charge in [0.2, 0.25) is 0 Å². The number of alkyl halides is 1. The van der Waals surface area contributed by atoms with Crippen LogP contribution in [0.5, 0.6) is 0 Å². The largest absolute Gasteiger partial charge is 0.466 e. The predicted molar refractivity (Wildman–Crippen MR) is 63.3 cm³/mol. The van der Waals surface area contributed by atoms with Crippen molar-refractivity contribution in [3.63, 3.8) is 0 Å². The first kappa shape index (κ1) is 18.0. The van der Waals surface area contributed by atoms with Crippen molar-refractivity contribution in [1.82, 2.24) is 0 Å². The van der Waals surface area contributed by atoms with E-state index in [-0.39, 0.29) is 0 Å². The van der Waals surface area contributed by atoms with Crippen LogP contribution in [0.25, 0.3) is 0 Å². The van der Waals surface area contributed by atoms with Gasteiger partial charge in [-0.2, -0.15) is 0 Å². The van der Waals surface area contributed by atoms with Crippen molar-refractivity contribution < 1.29 is 37.8 Å². The van der Waals surface area contributed by atoms with E-state index < -0.39 is 41.4 Å². The van der Waals surface area contributed by atoms with Crippen LogP contribution >= 0.6 is 0 Å². The zero-order chi connectivity index (χ0) is 16.1. The minimum Gasteiger partial charge on any atom is -0.466 e. The van der Waals surface area contributed by atoms with E-state index in [2.05, 4.69) is 14.2 Å². The second-order valence-electron chi connectivity index (χ2n) is 4.30. The lowest BCUT2D eigenvalue weighted by molar-refractivity contribution is -0.185. The molecule has 0 radical (unpaired) electrons. The van der Waals surface area contributed by atoms with Crippen LogP contribution in [0.3, 0.4) is 0 Å². The van der Waals surface area contributed by atoms with Gasteiger partial charge in [0.1, 0.15) is 0 Å². The highest BCUT2D eigenvalue weighted by molar-refractivity contribution is 6.41. The fraction of sp³-hybridized carbons (Fsp3) is 0.667. The summed E-state index contributed by atoms with van der Waals surface area (Å²) in [5.41, 5.74) is -3.46. The Labute approximate surface area is 115 Å². The molecule has 0 aromatic carbocycles. The summed E-state index contributed by atoms with van der Waals surface area (Å²) >= 11 is 0. The van der Waals surface area contributed by atoms with Gasteiger partial charge in [-0.15, -0.1) is 0 Å². The molecule has 0 spiro atoms. The highest BCUT2D eigenvalue weighted by atomic mass is 19.1. The van der Waals surface area contributed by atoms with E-state index in [9.17, 15) is 23.6 Å². The minimum absolute atomic E-state index is 0.767. The number of hydrogen-bond donors (Lipinski definition) is 0. The lowest BCUT2D eigenvalue weighted by atomic mass is 9.86. The Morgan fingerprint density at radius 2 is 1.55 bits per heavy atom. The van der Waals surface area contributed by atoms with Gasteiger partial charge in [0, 0.05) is 6.92 Å². The topological polar surface area (TPSA) is 96.0 Å². The van der Waals surface area contributed by atoms with E-state index in [0.29, 0.717) is 0 Å². The molecule has 0 N–H and O–H groups in total.